The van der Waals surface area contributed by atoms with Crippen molar-refractivity contribution in [2.24, 2.45) is 0 Å². The van der Waals surface area contributed by atoms with E-state index in [9.17, 15) is 0 Å². The fraction of sp³-hybridized carbons (Fsp3) is 0.0625. The lowest BCUT2D eigenvalue weighted by molar-refractivity contribution is 1.07. The van der Waals surface area contributed by atoms with Crippen molar-refractivity contribution in [1.29, 1.82) is 0 Å². The van der Waals surface area contributed by atoms with Crippen LogP contribution in [-0.4, -0.2) is 15.0 Å². The fourth-order valence-electron chi connectivity index (χ4n) is 1.99. The topological polar surface area (TPSA) is 62.7 Å². The third-order valence-corrected chi connectivity index (χ3v) is 3.43. The van der Waals surface area contributed by atoms with Crippen molar-refractivity contribution in [3.8, 4) is 0 Å². The molecule has 23 heavy (non-hydrogen) atoms. The summed E-state index contributed by atoms with van der Waals surface area (Å²) in [6.45, 7) is 0.632. The summed E-state index contributed by atoms with van der Waals surface area (Å²) >= 11 is 12.0. The van der Waals surface area contributed by atoms with E-state index in [1.54, 1.807) is 30.6 Å². The summed E-state index contributed by atoms with van der Waals surface area (Å²) in [5.74, 6) is 1.35. The third-order valence-electron chi connectivity index (χ3n) is 3.00. The second kappa shape index (κ2) is 7.26. The van der Waals surface area contributed by atoms with Crippen LogP contribution in [0.4, 0.5) is 17.3 Å². The van der Waals surface area contributed by atoms with Gasteiger partial charge in [-0.2, -0.15) is 0 Å². The van der Waals surface area contributed by atoms with Crippen molar-refractivity contribution in [2.75, 3.05) is 10.6 Å². The molecule has 7 heteroatoms. The van der Waals surface area contributed by atoms with E-state index in [0.717, 1.165) is 11.3 Å². The molecule has 5 nitrogen and oxygen atoms in total. The van der Waals surface area contributed by atoms with Gasteiger partial charge in [0.15, 0.2) is 0 Å². The Labute approximate surface area is 143 Å². The molecule has 0 fully saturated rings. The maximum absolute atomic E-state index is 5.99. The van der Waals surface area contributed by atoms with Gasteiger partial charge in [0.25, 0.3) is 0 Å². The van der Waals surface area contributed by atoms with Crippen LogP contribution in [0.3, 0.4) is 0 Å². The number of aromatic nitrogens is 3. The predicted molar refractivity (Wildman–Crippen MR) is 93.3 cm³/mol. The minimum Gasteiger partial charge on any atom is -0.366 e. The van der Waals surface area contributed by atoms with Crippen LogP contribution in [-0.2, 0) is 6.54 Å². The maximum atomic E-state index is 5.99. The van der Waals surface area contributed by atoms with Crippen molar-refractivity contribution in [1.82, 2.24) is 15.0 Å². The first-order valence-corrected chi connectivity index (χ1v) is 7.62. The van der Waals surface area contributed by atoms with Crippen LogP contribution in [0.15, 0.2) is 55.1 Å². The number of hydrogen-bond donors (Lipinski definition) is 2. The van der Waals surface area contributed by atoms with Gasteiger partial charge in [-0.25, -0.2) is 9.97 Å². The molecule has 2 aromatic heterocycles. The third kappa shape index (κ3) is 4.55. The van der Waals surface area contributed by atoms with Crippen molar-refractivity contribution in [2.45, 2.75) is 6.54 Å². The number of halogens is 2. The molecule has 3 rings (SSSR count). The van der Waals surface area contributed by atoms with E-state index in [1.807, 2.05) is 18.2 Å². The van der Waals surface area contributed by atoms with Crippen LogP contribution in [0.2, 0.25) is 10.0 Å². The average molecular weight is 346 g/mol. The number of benzene rings is 1. The number of pyridine rings is 1. The lowest BCUT2D eigenvalue weighted by Gasteiger charge is -2.09. The average Bonchev–Trinajstić information content (AvgIpc) is 2.53. The highest BCUT2D eigenvalue weighted by Crippen LogP contribution is 2.25. The standard InChI is InChI=1S/C16H13Cl2N5/c17-12-4-13(18)6-14(5-12)23-16-7-15(21-10-22-16)20-9-11-2-1-3-19-8-11/h1-8,10H,9H2,(H2,20,21,22,23). The fourth-order valence-corrected chi connectivity index (χ4v) is 2.52. The zero-order valence-electron chi connectivity index (χ0n) is 12.0. The SMILES string of the molecule is Clc1cc(Cl)cc(Nc2cc(NCc3cccnc3)ncn2)c1. The molecular weight excluding hydrogens is 333 g/mol. The Morgan fingerprint density at radius 2 is 1.74 bits per heavy atom. The molecule has 1 aromatic carbocycles. The molecule has 0 unspecified atom stereocenters. The molecule has 116 valence electrons. The smallest absolute Gasteiger partial charge is 0.135 e. The summed E-state index contributed by atoms with van der Waals surface area (Å²) in [5, 5.41) is 7.50. The van der Waals surface area contributed by atoms with Gasteiger partial charge in [0.2, 0.25) is 0 Å². The number of anilines is 3. The number of hydrogen-bond acceptors (Lipinski definition) is 5. The van der Waals surface area contributed by atoms with Gasteiger partial charge in [-0.1, -0.05) is 29.3 Å². The zero-order valence-corrected chi connectivity index (χ0v) is 13.5. The van der Waals surface area contributed by atoms with E-state index in [4.69, 9.17) is 23.2 Å². The molecule has 0 bridgehead atoms. The largest absolute Gasteiger partial charge is 0.366 e. The molecule has 0 aliphatic heterocycles. The number of nitrogens with zero attached hydrogens (tertiary/aromatic N) is 3. The maximum Gasteiger partial charge on any atom is 0.135 e. The van der Waals surface area contributed by atoms with Crippen molar-refractivity contribution in [3.63, 3.8) is 0 Å². The van der Waals surface area contributed by atoms with Crippen LogP contribution in [0.1, 0.15) is 5.56 Å². The van der Waals surface area contributed by atoms with Gasteiger partial charge >= 0.3 is 0 Å². The van der Waals surface area contributed by atoms with Crippen molar-refractivity contribution in [3.05, 3.63) is 70.7 Å². The molecule has 0 saturated heterocycles. The molecule has 2 N–H and O–H groups in total. The summed E-state index contributed by atoms with van der Waals surface area (Å²) < 4.78 is 0. The van der Waals surface area contributed by atoms with Crippen molar-refractivity contribution < 1.29 is 0 Å². The van der Waals surface area contributed by atoms with Gasteiger partial charge in [0.1, 0.15) is 18.0 Å². The Morgan fingerprint density at radius 1 is 0.957 bits per heavy atom. The molecule has 0 saturated carbocycles. The molecule has 3 aromatic rings. The van der Waals surface area contributed by atoms with Gasteiger partial charge in [-0.15, -0.1) is 0 Å². The first-order valence-electron chi connectivity index (χ1n) is 6.87. The Kier molecular flexibility index (Phi) is 4.90. The minimum atomic E-state index is 0.559. The summed E-state index contributed by atoms with van der Waals surface area (Å²) in [6, 6.07) is 10.9. The predicted octanol–water partition coefficient (Wildman–Crippen LogP) is 4.53. The van der Waals surface area contributed by atoms with E-state index in [0.29, 0.717) is 28.2 Å². The van der Waals surface area contributed by atoms with E-state index in [2.05, 4.69) is 25.6 Å². The highest BCUT2D eigenvalue weighted by molar-refractivity contribution is 6.35. The molecule has 0 radical (unpaired) electrons. The lowest BCUT2D eigenvalue weighted by Crippen LogP contribution is -2.03. The Bertz CT molecular complexity index is 775. The summed E-state index contributed by atoms with van der Waals surface area (Å²) in [7, 11) is 0. The first kappa shape index (κ1) is 15.5. The van der Waals surface area contributed by atoms with Gasteiger partial charge in [-0.05, 0) is 29.8 Å². The Hall–Kier alpha value is -2.37. The first-order chi connectivity index (χ1) is 11.2. The molecular formula is C16H13Cl2N5. The highest BCUT2D eigenvalue weighted by Gasteiger charge is 2.02. The Balaban J connectivity index is 1.69. The van der Waals surface area contributed by atoms with Crippen LogP contribution in [0.25, 0.3) is 0 Å². The monoisotopic (exact) mass is 345 g/mol. The normalized spacial score (nSPS) is 10.3. The van der Waals surface area contributed by atoms with Gasteiger partial charge in [0.05, 0.1) is 0 Å². The Morgan fingerprint density at radius 3 is 2.48 bits per heavy atom. The van der Waals surface area contributed by atoms with Crippen LogP contribution in [0, 0.1) is 0 Å². The summed E-state index contributed by atoms with van der Waals surface area (Å²) in [4.78, 5) is 12.5. The molecule has 0 spiro atoms. The van der Waals surface area contributed by atoms with Gasteiger partial charge in [0, 0.05) is 40.7 Å². The molecule has 0 atom stereocenters. The van der Waals surface area contributed by atoms with E-state index < -0.39 is 0 Å². The quantitative estimate of drug-likeness (QED) is 0.710. The van der Waals surface area contributed by atoms with E-state index >= 15 is 0 Å². The summed E-state index contributed by atoms with van der Waals surface area (Å²) in [5.41, 5.74) is 1.83. The molecule has 0 aliphatic carbocycles. The van der Waals surface area contributed by atoms with Crippen LogP contribution >= 0.6 is 23.2 Å². The van der Waals surface area contributed by atoms with Crippen LogP contribution < -0.4 is 10.6 Å². The van der Waals surface area contributed by atoms with E-state index in [1.165, 1.54) is 6.33 Å². The number of rotatable bonds is 5. The second-order valence-corrected chi connectivity index (χ2v) is 5.66. The molecule has 0 amide bonds. The van der Waals surface area contributed by atoms with E-state index in [-0.39, 0.29) is 0 Å². The van der Waals surface area contributed by atoms with Crippen molar-refractivity contribution >= 4 is 40.5 Å². The molecule has 2 heterocycles. The lowest BCUT2D eigenvalue weighted by atomic mass is 10.3. The molecule has 0 aliphatic rings. The van der Waals surface area contributed by atoms with Crippen LogP contribution in [0.5, 0.6) is 0 Å². The highest BCUT2D eigenvalue weighted by atomic mass is 35.5. The van der Waals surface area contributed by atoms with Gasteiger partial charge in [-0.3, -0.25) is 4.98 Å². The zero-order chi connectivity index (χ0) is 16.1. The summed E-state index contributed by atoms with van der Waals surface area (Å²) in [6.07, 6.45) is 5.04. The number of nitrogens with one attached hydrogen (secondary N) is 2. The van der Waals surface area contributed by atoms with Gasteiger partial charge < -0.3 is 10.6 Å². The second-order valence-electron chi connectivity index (χ2n) is 4.79. The minimum absolute atomic E-state index is 0.559.